The van der Waals surface area contributed by atoms with Gasteiger partial charge in [0.2, 0.25) is 0 Å². The Hall–Kier alpha value is -1.96. The number of nitrogens with zero attached hydrogens (tertiary/aromatic N) is 1. The van der Waals surface area contributed by atoms with Crippen molar-refractivity contribution in [3.8, 4) is 11.5 Å². The molecule has 0 atom stereocenters. The lowest BCUT2D eigenvalue weighted by Gasteiger charge is -2.33. The summed E-state index contributed by atoms with van der Waals surface area (Å²) in [7, 11) is 2.16. The number of fused-ring (bicyclic) bond motifs is 2. The molecule has 0 aliphatic carbocycles. The number of para-hydroxylation sites is 2. The molecule has 0 bridgehead atoms. The molecule has 0 saturated heterocycles. The third kappa shape index (κ3) is 3.08. The Morgan fingerprint density at radius 3 is 2.17 bits per heavy atom. The van der Waals surface area contributed by atoms with Crippen LogP contribution in [0.25, 0.3) is 0 Å². The molecule has 0 saturated carbocycles. The second-order valence-corrected chi connectivity index (χ2v) is 7.39. The SMILES string of the molecule is CC(C)Cc1cccc2c1Oc1cccc(CC(C)C)c1N2C. The second-order valence-electron chi connectivity index (χ2n) is 7.39. The summed E-state index contributed by atoms with van der Waals surface area (Å²) in [4.78, 5) is 2.30. The van der Waals surface area contributed by atoms with Crippen LogP contribution in [0, 0.1) is 11.8 Å². The van der Waals surface area contributed by atoms with Crippen LogP contribution in [0.4, 0.5) is 11.4 Å². The van der Waals surface area contributed by atoms with Crippen molar-refractivity contribution in [2.45, 2.75) is 40.5 Å². The van der Waals surface area contributed by atoms with Crippen molar-refractivity contribution in [2.75, 3.05) is 11.9 Å². The Labute approximate surface area is 140 Å². The molecule has 3 rings (SSSR count). The predicted octanol–water partition coefficient (Wildman–Crippen LogP) is 5.96. The molecule has 2 heteroatoms. The van der Waals surface area contributed by atoms with E-state index in [-0.39, 0.29) is 0 Å². The maximum atomic E-state index is 6.36. The van der Waals surface area contributed by atoms with Gasteiger partial charge in [-0.15, -0.1) is 0 Å². The second kappa shape index (κ2) is 6.27. The molecule has 0 unspecified atom stereocenters. The van der Waals surface area contributed by atoms with E-state index in [2.05, 4.69) is 76.0 Å². The van der Waals surface area contributed by atoms with Crippen LogP contribution in [0.15, 0.2) is 36.4 Å². The highest BCUT2D eigenvalue weighted by molar-refractivity contribution is 5.80. The van der Waals surface area contributed by atoms with E-state index in [1.807, 2.05) is 0 Å². The van der Waals surface area contributed by atoms with E-state index in [0.717, 1.165) is 24.3 Å². The molecule has 0 amide bonds. The number of rotatable bonds is 4. The van der Waals surface area contributed by atoms with Gasteiger partial charge in [0.1, 0.15) is 0 Å². The van der Waals surface area contributed by atoms with Gasteiger partial charge in [0, 0.05) is 7.05 Å². The van der Waals surface area contributed by atoms with Crippen LogP contribution in [0.5, 0.6) is 11.5 Å². The quantitative estimate of drug-likeness (QED) is 0.691. The maximum absolute atomic E-state index is 6.36. The Morgan fingerprint density at radius 2 is 1.48 bits per heavy atom. The molecule has 1 aliphatic rings. The monoisotopic (exact) mass is 309 g/mol. The molecular weight excluding hydrogens is 282 g/mol. The number of hydrogen-bond acceptors (Lipinski definition) is 2. The lowest BCUT2D eigenvalue weighted by molar-refractivity contribution is 0.462. The molecule has 0 fully saturated rings. The highest BCUT2D eigenvalue weighted by Crippen LogP contribution is 2.49. The normalized spacial score (nSPS) is 13.1. The van der Waals surface area contributed by atoms with E-state index in [0.29, 0.717) is 11.8 Å². The van der Waals surface area contributed by atoms with Crippen molar-refractivity contribution >= 4 is 11.4 Å². The van der Waals surface area contributed by atoms with Crippen molar-refractivity contribution in [3.63, 3.8) is 0 Å². The third-order valence-electron chi connectivity index (χ3n) is 4.32. The molecule has 0 N–H and O–H groups in total. The van der Waals surface area contributed by atoms with Gasteiger partial charge in [-0.2, -0.15) is 0 Å². The van der Waals surface area contributed by atoms with Crippen LogP contribution < -0.4 is 9.64 Å². The molecule has 0 aromatic heterocycles. The molecule has 1 heterocycles. The number of anilines is 2. The van der Waals surface area contributed by atoms with E-state index < -0.39 is 0 Å². The Balaban J connectivity index is 2.07. The molecular formula is C21H27NO. The van der Waals surface area contributed by atoms with Crippen LogP contribution in [-0.2, 0) is 12.8 Å². The summed E-state index contributed by atoms with van der Waals surface area (Å²) in [6.45, 7) is 9.02. The average molecular weight is 309 g/mol. The van der Waals surface area contributed by atoms with Gasteiger partial charge in [-0.3, -0.25) is 0 Å². The van der Waals surface area contributed by atoms with Gasteiger partial charge < -0.3 is 9.64 Å². The highest BCUT2D eigenvalue weighted by atomic mass is 16.5. The molecule has 1 aliphatic heterocycles. The Bertz CT molecular complexity index is 703. The first kappa shape index (κ1) is 15.9. The first-order valence-electron chi connectivity index (χ1n) is 8.62. The van der Waals surface area contributed by atoms with Gasteiger partial charge in [-0.05, 0) is 47.9 Å². The zero-order valence-electron chi connectivity index (χ0n) is 14.9. The zero-order chi connectivity index (χ0) is 16.6. The summed E-state index contributed by atoms with van der Waals surface area (Å²) in [5, 5.41) is 0. The predicted molar refractivity (Wildman–Crippen MR) is 98.1 cm³/mol. The average Bonchev–Trinajstić information content (AvgIpc) is 2.47. The van der Waals surface area contributed by atoms with Gasteiger partial charge in [0.15, 0.2) is 11.5 Å². The van der Waals surface area contributed by atoms with Crippen molar-refractivity contribution in [2.24, 2.45) is 11.8 Å². The highest BCUT2D eigenvalue weighted by Gasteiger charge is 2.26. The summed E-state index contributed by atoms with van der Waals surface area (Å²) in [5.41, 5.74) is 5.05. The first-order valence-corrected chi connectivity index (χ1v) is 8.62. The summed E-state index contributed by atoms with van der Waals surface area (Å²) >= 11 is 0. The number of benzene rings is 2. The van der Waals surface area contributed by atoms with E-state index in [1.165, 1.54) is 22.5 Å². The minimum Gasteiger partial charge on any atom is -0.453 e. The topological polar surface area (TPSA) is 12.5 Å². The minimum absolute atomic E-state index is 0.615. The van der Waals surface area contributed by atoms with Gasteiger partial charge in [0.05, 0.1) is 11.4 Å². The standard InChI is InChI=1S/C21H27NO/c1-14(2)12-16-8-7-11-19-20(16)22(5)18-10-6-9-17(13-15(3)4)21(18)23-19/h6-11,14-15H,12-13H2,1-5H3. The maximum Gasteiger partial charge on any atom is 0.154 e. The van der Waals surface area contributed by atoms with Crippen molar-refractivity contribution in [1.29, 1.82) is 0 Å². The van der Waals surface area contributed by atoms with Gasteiger partial charge in [-0.1, -0.05) is 52.0 Å². The van der Waals surface area contributed by atoms with E-state index in [9.17, 15) is 0 Å². The third-order valence-corrected chi connectivity index (χ3v) is 4.32. The van der Waals surface area contributed by atoms with Crippen molar-refractivity contribution in [1.82, 2.24) is 0 Å². The summed E-state index contributed by atoms with van der Waals surface area (Å²) in [5.74, 6) is 3.25. The molecule has 2 aromatic carbocycles. The van der Waals surface area contributed by atoms with Crippen LogP contribution in [0.3, 0.4) is 0 Å². The lowest BCUT2D eigenvalue weighted by Crippen LogP contribution is -2.19. The van der Waals surface area contributed by atoms with E-state index in [1.54, 1.807) is 0 Å². The fourth-order valence-electron chi connectivity index (χ4n) is 3.42. The van der Waals surface area contributed by atoms with Gasteiger partial charge in [-0.25, -0.2) is 0 Å². The van der Waals surface area contributed by atoms with Gasteiger partial charge >= 0.3 is 0 Å². The molecule has 122 valence electrons. The van der Waals surface area contributed by atoms with Crippen molar-refractivity contribution < 1.29 is 4.74 Å². The summed E-state index contributed by atoms with van der Waals surface area (Å²) in [6, 6.07) is 12.9. The fraction of sp³-hybridized carbons (Fsp3) is 0.429. The van der Waals surface area contributed by atoms with Crippen LogP contribution in [0.2, 0.25) is 0 Å². The van der Waals surface area contributed by atoms with Gasteiger partial charge in [0.25, 0.3) is 0 Å². The largest absolute Gasteiger partial charge is 0.453 e. The van der Waals surface area contributed by atoms with E-state index in [4.69, 9.17) is 4.74 Å². The Morgan fingerprint density at radius 1 is 0.870 bits per heavy atom. The zero-order valence-corrected chi connectivity index (χ0v) is 14.9. The van der Waals surface area contributed by atoms with E-state index >= 15 is 0 Å². The Kier molecular flexibility index (Phi) is 4.34. The molecule has 0 radical (unpaired) electrons. The summed E-state index contributed by atoms with van der Waals surface area (Å²) in [6.07, 6.45) is 2.11. The van der Waals surface area contributed by atoms with Crippen molar-refractivity contribution in [3.05, 3.63) is 47.5 Å². The first-order chi connectivity index (χ1) is 11.0. The smallest absolute Gasteiger partial charge is 0.154 e. The molecule has 0 spiro atoms. The number of hydrogen-bond donors (Lipinski definition) is 0. The molecule has 2 aromatic rings. The van der Waals surface area contributed by atoms with Crippen LogP contribution in [0.1, 0.15) is 38.8 Å². The molecule has 2 nitrogen and oxygen atoms in total. The van der Waals surface area contributed by atoms with Crippen LogP contribution in [-0.4, -0.2) is 7.05 Å². The number of ether oxygens (including phenoxy) is 1. The lowest BCUT2D eigenvalue weighted by atomic mass is 9.97. The molecule has 23 heavy (non-hydrogen) atoms. The summed E-state index contributed by atoms with van der Waals surface area (Å²) < 4.78 is 6.36. The van der Waals surface area contributed by atoms with Crippen LogP contribution >= 0.6 is 0 Å². The fourth-order valence-corrected chi connectivity index (χ4v) is 3.42. The minimum atomic E-state index is 0.615.